The lowest BCUT2D eigenvalue weighted by Gasteiger charge is -2.20. The number of aromatic nitrogens is 1. The molecular weight excluding hydrogens is 192 g/mol. The molecule has 0 N–H and O–H groups in total. The lowest BCUT2D eigenvalue weighted by Crippen LogP contribution is -2.21. The molecule has 0 radical (unpaired) electrons. The maximum Gasteiger partial charge on any atom is 0.0570 e. The molecule has 2 nitrogen and oxygen atoms in total. The lowest BCUT2D eigenvalue weighted by atomic mass is 10.2. The SMILES string of the molecule is CCN(CC)c1ccc2cnsc2c1. The summed E-state index contributed by atoms with van der Waals surface area (Å²) in [6.07, 6.45) is 1.92. The van der Waals surface area contributed by atoms with Gasteiger partial charge in [0.05, 0.1) is 4.70 Å². The second kappa shape index (κ2) is 3.96. The van der Waals surface area contributed by atoms with E-state index in [4.69, 9.17) is 0 Å². The van der Waals surface area contributed by atoms with Crippen molar-refractivity contribution in [3.63, 3.8) is 0 Å². The molecule has 0 unspecified atom stereocenters. The van der Waals surface area contributed by atoms with Crippen molar-refractivity contribution in [3.05, 3.63) is 24.4 Å². The Morgan fingerprint density at radius 2 is 2.07 bits per heavy atom. The zero-order chi connectivity index (χ0) is 9.97. The van der Waals surface area contributed by atoms with Crippen molar-refractivity contribution in [2.45, 2.75) is 13.8 Å². The maximum absolute atomic E-state index is 4.18. The molecule has 0 atom stereocenters. The van der Waals surface area contributed by atoms with Gasteiger partial charge in [0, 0.05) is 30.4 Å². The fraction of sp³-hybridized carbons (Fsp3) is 0.364. The topological polar surface area (TPSA) is 16.1 Å². The Labute approximate surface area is 88.3 Å². The largest absolute Gasteiger partial charge is 0.372 e. The van der Waals surface area contributed by atoms with Crippen LogP contribution in [0, 0.1) is 0 Å². The van der Waals surface area contributed by atoms with E-state index in [0.29, 0.717) is 0 Å². The molecule has 0 bridgehead atoms. The molecule has 3 heteroatoms. The summed E-state index contributed by atoms with van der Waals surface area (Å²) in [4.78, 5) is 2.35. The van der Waals surface area contributed by atoms with Gasteiger partial charge in [0.25, 0.3) is 0 Å². The molecule has 2 rings (SSSR count). The molecule has 1 aromatic carbocycles. The number of anilines is 1. The van der Waals surface area contributed by atoms with Crippen molar-refractivity contribution in [1.29, 1.82) is 0 Å². The maximum atomic E-state index is 4.18. The first-order valence-corrected chi connectivity index (χ1v) is 5.72. The van der Waals surface area contributed by atoms with Crippen LogP contribution in [0.2, 0.25) is 0 Å². The lowest BCUT2D eigenvalue weighted by molar-refractivity contribution is 0.867. The fourth-order valence-corrected chi connectivity index (χ4v) is 2.31. The highest BCUT2D eigenvalue weighted by Gasteiger charge is 2.03. The highest BCUT2D eigenvalue weighted by molar-refractivity contribution is 7.13. The molecular formula is C11H14N2S. The molecule has 0 spiro atoms. The van der Waals surface area contributed by atoms with Crippen molar-refractivity contribution >= 4 is 27.3 Å². The molecule has 74 valence electrons. The number of nitrogens with zero attached hydrogens (tertiary/aromatic N) is 2. The Kier molecular flexibility index (Phi) is 2.68. The number of hydrogen-bond acceptors (Lipinski definition) is 3. The predicted octanol–water partition coefficient (Wildman–Crippen LogP) is 3.14. The van der Waals surface area contributed by atoms with E-state index < -0.39 is 0 Å². The summed E-state index contributed by atoms with van der Waals surface area (Å²) in [6.45, 7) is 6.47. The van der Waals surface area contributed by atoms with Gasteiger partial charge in [-0.2, -0.15) is 4.37 Å². The Morgan fingerprint density at radius 3 is 2.79 bits per heavy atom. The van der Waals surface area contributed by atoms with E-state index in [1.807, 2.05) is 6.20 Å². The van der Waals surface area contributed by atoms with E-state index in [1.54, 1.807) is 11.5 Å². The van der Waals surface area contributed by atoms with Gasteiger partial charge in [0.15, 0.2) is 0 Å². The van der Waals surface area contributed by atoms with Crippen LogP contribution < -0.4 is 4.90 Å². The van der Waals surface area contributed by atoms with Crippen LogP contribution in [0.4, 0.5) is 5.69 Å². The van der Waals surface area contributed by atoms with Crippen LogP contribution in [-0.4, -0.2) is 17.5 Å². The van der Waals surface area contributed by atoms with Gasteiger partial charge < -0.3 is 4.90 Å². The first-order valence-electron chi connectivity index (χ1n) is 4.94. The molecule has 0 aliphatic heterocycles. The average Bonchev–Trinajstić information content (AvgIpc) is 2.66. The number of benzene rings is 1. The van der Waals surface area contributed by atoms with Gasteiger partial charge in [0.2, 0.25) is 0 Å². The molecule has 1 heterocycles. The van der Waals surface area contributed by atoms with Gasteiger partial charge in [-0.3, -0.25) is 0 Å². The molecule has 0 saturated heterocycles. The van der Waals surface area contributed by atoms with Crippen molar-refractivity contribution in [3.8, 4) is 0 Å². The van der Waals surface area contributed by atoms with Crippen molar-refractivity contribution in [2.24, 2.45) is 0 Å². The third-order valence-electron chi connectivity index (χ3n) is 2.47. The van der Waals surface area contributed by atoms with E-state index in [1.165, 1.54) is 15.8 Å². The highest BCUT2D eigenvalue weighted by atomic mass is 32.1. The van der Waals surface area contributed by atoms with Crippen LogP contribution in [0.15, 0.2) is 24.4 Å². The Morgan fingerprint density at radius 1 is 1.29 bits per heavy atom. The molecule has 1 aromatic heterocycles. The van der Waals surface area contributed by atoms with Gasteiger partial charge in [-0.05, 0) is 43.6 Å². The Balaban J connectivity index is 2.42. The van der Waals surface area contributed by atoms with Gasteiger partial charge in [-0.1, -0.05) is 0 Å². The Hall–Kier alpha value is -1.09. The van der Waals surface area contributed by atoms with Gasteiger partial charge in [-0.25, -0.2) is 0 Å². The number of fused-ring (bicyclic) bond motifs is 1. The summed E-state index contributed by atoms with van der Waals surface area (Å²) in [5.74, 6) is 0. The molecule has 0 amide bonds. The van der Waals surface area contributed by atoms with Crippen molar-refractivity contribution in [2.75, 3.05) is 18.0 Å². The van der Waals surface area contributed by atoms with Crippen molar-refractivity contribution in [1.82, 2.24) is 4.37 Å². The molecule has 0 aliphatic rings. The van der Waals surface area contributed by atoms with Gasteiger partial charge in [-0.15, -0.1) is 0 Å². The summed E-state index contributed by atoms with van der Waals surface area (Å²) < 4.78 is 5.45. The standard InChI is InChI=1S/C11H14N2S/c1-3-13(4-2)10-6-5-9-8-12-14-11(9)7-10/h5-8H,3-4H2,1-2H3. The second-order valence-corrected chi connectivity index (χ2v) is 4.05. The van der Waals surface area contributed by atoms with E-state index in [0.717, 1.165) is 13.1 Å². The van der Waals surface area contributed by atoms with Crippen LogP contribution >= 0.6 is 11.5 Å². The van der Waals surface area contributed by atoms with Crippen LogP contribution in [0.3, 0.4) is 0 Å². The Bertz CT molecular complexity index is 418. The quantitative estimate of drug-likeness (QED) is 0.767. The molecule has 0 aliphatic carbocycles. The van der Waals surface area contributed by atoms with Crippen LogP contribution in [-0.2, 0) is 0 Å². The zero-order valence-corrected chi connectivity index (χ0v) is 9.34. The van der Waals surface area contributed by atoms with Crippen LogP contribution in [0.1, 0.15) is 13.8 Å². The summed E-state index contributed by atoms with van der Waals surface area (Å²) >= 11 is 1.56. The van der Waals surface area contributed by atoms with Crippen molar-refractivity contribution < 1.29 is 0 Å². The van der Waals surface area contributed by atoms with E-state index in [9.17, 15) is 0 Å². The highest BCUT2D eigenvalue weighted by Crippen LogP contribution is 2.24. The van der Waals surface area contributed by atoms with Gasteiger partial charge >= 0.3 is 0 Å². The molecule has 2 aromatic rings. The smallest absolute Gasteiger partial charge is 0.0570 e. The third kappa shape index (κ3) is 1.60. The van der Waals surface area contributed by atoms with E-state index in [2.05, 4.69) is 41.3 Å². The third-order valence-corrected chi connectivity index (χ3v) is 3.23. The minimum atomic E-state index is 1.06. The van der Waals surface area contributed by atoms with E-state index in [-0.39, 0.29) is 0 Å². The van der Waals surface area contributed by atoms with E-state index >= 15 is 0 Å². The molecule has 14 heavy (non-hydrogen) atoms. The predicted molar refractivity (Wildman–Crippen MR) is 63.2 cm³/mol. The second-order valence-electron chi connectivity index (χ2n) is 3.22. The fourth-order valence-electron chi connectivity index (χ4n) is 1.63. The number of rotatable bonds is 3. The normalized spacial score (nSPS) is 10.7. The zero-order valence-electron chi connectivity index (χ0n) is 8.53. The summed E-state index contributed by atoms with van der Waals surface area (Å²) in [5.41, 5.74) is 1.30. The van der Waals surface area contributed by atoms with Gasteiger partial charge in [0.1, 0.15) is 0 Å². The molecule has 0 saturated carbocycles. The molecule has 0 fully saturated rings. The summed E-state index contributed by atoms with van der Waals surface area (Å²) in [5, 5.41) is 1.24. The average molecular weight is 206 g/mol. The first-order chi connectivity index (χ1) is 6.85. The summed E-state index contributed by atoms with van der Waals surface area (Å²) in [7, 11) is 0. The van der Waals surface area contributed by atoms with Crippen LogP contribution in [0.5, 0.6) is 0 Å². The summed E-state index contributed by atoms with van der Waals surface area (Å²) in [6, 6.07) is 6.54. The minimum Gasteiger partial charge on any atom is -0.372 e. The van der Waals surface area contributed by atoms with Crippen LogP contribution in [0.25, 0.3) is 10.1 Å². The minimum absolute atomic E-state index is 1.06. The number of hydrogen-bond donors (Lipinski definition) is 0. The monoisotopic (exact) mass is 206 g/mol. The first kappa shape index (κ1) is 9.46.